The van der Waals surface area contributed by atoms with Crippen molar-refractivity contribution in [2.45, 2.75) is 46.3 Å². The van der Waals surface area contributed by atoms with E-state index in [2.05, 4.69) is 24.3 Å². The van der Waals surface area contributed by atoms with E-state index in [0.717, 1.165) is 17.9 Å². The minimum absolute atomic E-state index is 0.212. The van der Waals surface area contributed by atoms with Gasteiger partial charge in [-0.2, -0.15) is 0 Å². The number of hydrogen-bond acceptors (Lipinski definition) is 2. The smallest absolute Gasteiger partial charge is 0.119 e. The van der Waals surface area contributed by atoms with Crippen molar-refractivity contribution in [1.29, 1.82) is 0 Å². The van der Waals surface area contributed by atoms with Gasteiger partial charge < -0.3 is 9.47 Å². The Balaban J connectivity index is 1.97. The molecule has 0 amide bonds. The van der Waals surface area contributed by atoms with Crippen LogP contribution in [0, 0.1) is 0 Å². The lowest BCUT2D eigenvalue weighted by Gasteiger charge is -2.11. The van der Waals surface area contributed by atoms with E-state index in [1.807, 2.05) is 52.0 Å². The summed E-state index contributed by atoms with van der Waals surface area (Å²) in [5.41, 5.74) is 2.56. The SMILES string of the molecule is CC(C)Oc1ccc(Cc2ccc(OC(C)C)cc2)cc1. The average molecular weight is 284 g/mol. The highest BCUT2D eigenvalue weighted by Gasteiger charge is 2.01. The normalized spacial score (nSPS) is 11.0. The third-order valence-corrected chi connectivity index (χ3v) is 3.00. The van der Waals surface area contributed by atoms with Crippen LogP contribution in [-0.2, 0) is 6.42 Å². The van der Waals surface area contributed by atoms with Crippen molar-refractivity contribution in [2.75, 3.05) is 0 Å². The van der Waals surface area contributed by atoms with Crippen LogP contribution in [0.4, 0.5) is 0 Å². The lowest BCUT2D eigenvalue weighted by molar-refractivity contribution is 0.242. The zero-order valence-corrected chi connectivity index (χ0v) is 13.3. The molecule has 0 saturated carbocycles. The van der Waals surface area contributed by atoms with Gasteiger partial charge in [-0.1, -0.05) is 24.3 Å². The quantitative estimate of drug-likeness (QED) is 0.754. The monoisotopic (exact) mass is 284 g/mol. The molecule has 0 aliphatic rings. The van der Waals surface area contributed by atoms with Gasteiger partial charge in [-0.25, -0.2) is 0 Å². The molecule has 0 fully saturated rings. The Hall–Kier alpha value is -1.96. The maximum atomic E-state index is 5.66. The summed E-state index contributed by atoms with van der Waals surface area (Å²) in [5.74, 6) is 1.85. The largest absolute Gasteiger partial charge is 0.491 e. The van der Waals surface area contributed by atoms with Gasteiger partial charge in [-0.3, -0.25) is 0 Å². The minimum Gasteiger partial charge on any atom is -0.491 e. The van der Waals surface area contributed by atoms with Crippen LogP contribution >= 0.6 is 0 Å². The van der Waals surface area contributed by atoms with E-state index in [4.69, 9.17) is 9.47 Å². The van der Waals surface area contributed by atoms with Gasteiger partial charge in [-0.15, -0.1) is 0 Å². The molecule has 0 unspecified atom stereocenters. The number of ether oxygens (including phenoxy) is 2. The summed E-state index contributed by atoms with van der Waals surface area (Å²) in [4.78, 5) is 0. The topological polar surface area (TPSA) is 18.5 Å². The molecule has 0 N–H and O–H groups in total. The van der Waals surface area contributed by atoms with E-state index in [1.54, 1.807) is 0 Å². The van der Waals surface area contributed by atoms with Gasteiger partial charge in [-0.05, 0) is 69.5 Å². The second-order valence-electron chi connectivity index (χ2n) is 5.80. The standard InChI is InChI=1S/C19H24O2/c1-14(2)20-18-9-5-16(6-10-18)13-17-7-11-19(12-8-17)21-15(3)4/h5-12,14-15H,13H2,1-4H3. The molecular weight excluding hydrogens is 260 g/mol. The summed E-state index contributed by atoms with van der Waals surface area (Å²) in [7, 11) is 0. The van der Waals surface area contributed by atoms with Gasteiger partial charge >= 0.3 is 0 Å². The first-order valence-corrected chi connectivity index (χ1v) is 7.54. The molecule has 2 heteroatoms. The molecule has 0 aliphatic heterocycles. The predicted octanol–water partition coefficient (Wildman–Crippen LogP) is 4.85. The van der Waals surface area contributed by atoms with E-state index in [9.17, 15) is 0 Å². The van der Waals surface area contributed by atoms with Gasteiger partial charge in [0.1, 0.15) is 11.5 Å². The second kappa shape index (κ2) is 7.16. The van der Waals surface area contributed by atoms with Crippen molar-refractivity contribution >= 4 is 0 Å². The fourth-order valence-corrected chi connectivity index (χ4v) is 2.15. The lowest BCUT2D eigenvalue weighted by atomic mass is 10.0. The maximum Gasteiger partial charge on any atom is 0.119 e. The van der Waals surface area contributed by atoms with E-state index in [-0.39, 0.29) is 12.2 Å². The highest BCUT2D eigenvalue weighted by Crippen LogP contribution is 2.19. The van der Waals surface area contributed by atoms with E-state index >= 15 is 0 Å². The summed E-state index contributed by atoms with van der Waals surface area (Å²) in [6, 6.07) is 16.6. The molecule has 0 aliphatic carbocycles. The fourth-order valence-electron chi connectivity index (χ4n) is 2.15. The summed E-state index contributed by atoms with van der Waals surface area (Å²) in [6.07, 6.45) is 1.35. The van der Waals surface area contributed by atoms with Crippen LogP contribution in [0.5, 0.6) is 11.5 Å². The third kappa shape index (κ3) is 5.14. The van der Waals surface area contributed by atoms with Crippen LogP contribution in [0.3, 0.4) is 0 Å². The summed E-state index contributed by atoms with van der Waals surface area (Å²) in [5, 5.41) is 0. The van der Waals surface area contributed by atoms with Crippen molar-refractivity contribution in [2.24, 2.45) is 0 Å². The lowest BCUT2D eigenvalue weighted by Crippen LogP contribution is -2.05. The highest BCUT2D eigenvalue weighted by atomic mass is 16.5. The van der Waals surface area contributed by atoms with Crippen LogP contribution in [0.25, 0.3) is 0 Å². The maximum absolute atomic E-state index is 5.66. The predicted molar refractivity (Wildman–Crippen MR) is 87.2 cm³/mol. The van der Waals surface area contributed by atoms with Gasteiger partial charge in [0.15, 0.2) is 0 Å². The molecule has 21 heavy (non-hydrogen) atoms. The molecule has 0 spiro atoms. The zero-order valence-electron chi connectivity index (χ0n) is 13.3. The van der Waals surface area contributed by atoms with E-state index < -0.39 is 0 Å². The number of rotatable bonds is 6. The van der Waals surface area contributed by atoms with Crippen LogP contribution in [0.1, 0.15) is 38.8 Å². The Morgan fingerprint density at radius 3 is 1.24 bits per heavy atom. The molecular formula is C19H24O2. The van der Waals surface area contributed by atoms with Gasteiger partial charge in [0.25, 0.3) is 0 Å². The summed E-state index contributed by atoms with van der Waals surface area (Å²) >= 11 is 0. The van der Waals surface area contributed by atoms with Crippen molar-refractivity contribution in [3.05, 3.63) is 59.7 Å². The molecule has 0 bridgehead atoms. The van der Waals surface area contributed by atoms with Crippen LogP contribution in [0.2, 0.25) is 0 Å². The van der Waals surface area contributed by atoms with Gasteiger partial charge in [0.05, 0.1) is 12.2 Å². The number of benzene rings is 2. The van der Waals surface area contributed by atoms with Crippen molar-refractivity contribution in [3.8, 4) is 11.5 Å². The summed E-state index contributed by atoms with van der Waals surface area (Å²) in [6.45, 7) is 8.15. The minimum atomic E-state index is 0.212. The molecule has 2 aromatic rings. The molecule has 0 saturated heterocycles. The van der Waals surface area contributed by atoms with Crippen LogP contribution in [0.15, 0.2) is 48.5 Å². The Bertz CT molecular complexity index is 487. The molecule has 0 heterocycles. The van der Waals surface area contributed by atoms with Crippen molar-refractivity contribution in [3.63, 3.8) is 0 Å². The molecule has 2 aromatic carbocycles. The second-order valence-corrected chi connectivity index (χ2v) is 5.80. The van der Waals surface area contributed by atoms with Crippen molar-refractivity contribution < 1.29 is 9.47 Å². The first-order chi connectivity index (χ1) is 10.0. The zero-order chi connectivity index (χ0) is 15.2. The van der Waals surface area contributed by atoms with E-state index in [1.165, 1.54) is 11.1 Å². The first kappa shape index (κ1) is 15.4. The molecule has 2 nitrogen and oxygen atoms in total. The highest BCUT2D eigenvalue weighted by molar-refractivity contribution is 5.34. The number of hydrogen-bond donors (Lipinski definition) is 0. The van der Waals surface area contributed by atoms with Gasteiger partial charge in [0, 0.05) is 0 Å². The third-order valence-electron chi connectivity index (χ3n) is 3.00. The molecule has 112 valence electrons. The summed E-state index contributed by atoms with van der Waals surface area (Å²) < 4.78 is 11.3. The Labute approximate surface area is 127 Å². The first-order valence-electron chi connectivity index (χ1n) is 7.54. The average Bonchev–Trinajstić information content (AvgIpc) is 2.42. The Morgan fingerprint density at radius 1 is 0.619 bits per heavy atom. The van der Waals surface area contributed by atoms with Gasteiger partial charge in [0.2, 0.25) is 0 Å². The molecule has 2 rings (SSSR count). The van der Waals surface area contributed by atoms with Crippen molar-refractivity contribution in [1.82, 2.24) is 0 Å². The molecule has 0 aromatic heterocycles. The Kier molecular flexibility index (Phi) is 5.26. The molecule has 0 radical (unpaired) electrons. The van der Waals surface area contributed by atoms with Crippen LogP contribution < -0.4 is 9.47 Å². The molecule has 0 atom stereocenters. The fraction of sp³-hybridized carbons (Fsp3) is 0.368. The Morgan fingerprint density at radius 2 is 0.952 bits per heavy atom. The van der Waals surface area contributed by atoms with Crippen LogP contribution in [-0.4, -0.2) is 12.2 Å². The van der Waals surface area contributed by atoms with E-state index in [0.29, 0.717) is 0 Å².